The van der Waals surface area contributed by atoms with E-state index in [-0.39, 0.29) is 19.2 Å². The maximum Gasteiger partial charge on any atom is 0.243 e. The van der Waals surface area contributed by atoms with Crippen molar-refractivity contribution in [3.8, 4) is 11.5 Å². The summed E-state index contributed by atoms with van der Waals surface area (Å²) in [4.78, 5) is 12.7. The first kappa shape index (κ1) is 20.0. The van der Waals surface area contributed by atoms with Gasteiger partial charge in [0.25, 0.3) is 0 Å². The lowest BCUT2D eigenvalue weighted by atomic mass is 10.1. The molecule has 0 aliphatic carbocycles. The lowest BCUT2D eigenvalue weighted by Crippen LogP contribution is -2.47. The second-order valence-corrected chi connectivity index (χ2v) is 8.52. The highest BCUT2D eigenvalue weighted by Gasteiger charge is 2.29. The Morgan fingerprint density at radius 3 is 2.39 bits per heavy atom. The first-order chi connectivity index (χ1) is 13.3. The van der Waals surface area contributed by atoms with E-state index in [9.17, 15) is 13.2 Å². The molecule has 1 heterocycles. The average Bonchev–Trinajstić information content (AvgIpc) is 3.13. The van der Waals surface area contributed by atoms with Crippen LogP contribution in [0.5, 0.6) is 11.5 Å². The zero-order valence-electron chi connectivity index (χ0n) is 16.1. The summed E-state index contributed by atoms with van der Waals surface area (Å²) in [5.41, 5.74) is 2.39. The third-order valence-electron chi connectivity index (χ3n) is 4.59. The molecule has 1 atom stereocenters. The molecule has 7 nitrogen and oxygen atoms in total. The zero-order chi connectivity index (χ0) is 20.3. The van der Waals surface area contributed by atoms with E-state index in [1.807, 2.05) is 25.1 Å². The van der Waals surface area contributed by atoms with Crippen LogP contribution in [0.15, 0.2) is 42.5 Å². The van der Waals surface area contributed by atoms with Crippen LogP contribution in [0.1, 0.15) is 25.0 Å². The molecule has 0 spiro atoms. The van der Waals surface area contributed by atoms with Crippen LogP contribution in [0, 0.1) is 0 Å². The van der Waals surface area contributed by atoms with Gasteiger partial charge >= 0.3 is 0 Å². The van der Waals surface area contributed by atoms with E-state index in [2.05, 4.69) is 5.32 Å². The summed E-state index contributed by atoms with van der Waals surface area (Å²) in [6.07, 6.45) is 1.95. The highest BCUT2D eigenvalue weighted by molar-refractivity contribution is 7.92. The van der Waals surface area contributed by atoms with Gasteiger partial charge in [-0.25, -0.2) is 8.42 Å². The van der Waals surface area contributed by atoms with Gasteiger partial charge in [-0.1, -0.05) is 25.1 Å². The standard InChI is InChI=1S/C20H24N2O5S/c1-4-15-5-8-17(9-6-15)22(28(3,24)25)14(2)20(23)21-12-16-7-10-18-19(11-16)27-13-26-18/h5-11,14H,4,12-13H2,1-3H3,(H,21,23). The third-order valence-corrected chi connectivity index (χ3v) is 5.83. The van der Waals surface area contributed by atoms with Gasteiger partial charge in [-0.3, -0.25) is 9.10 Å². The molecular formula is C20H24N2O5S. The molecule has 1 unspecified atom stereocenters. The number of nitrogens with one attached hydrogen (secondary N) is 1. The van der Waals surface area contributed by atoms with E-state index < -0.39 is 16.1 Å². The molecule has 1 aliphatic heterocycles. The van der Waals surface area contributed by atoms with Crippen LogP contribution in [0.2, 0.25) is 0 Å². The number of rotatable bonds is 7. The molecule has 0 aromatic heterocycles. The van der Waals surface area contributed by atoms with Gasteiger partial charge in [0.1, 0.15) is 6.04 Å². The molecule has 0 bridgehead atoms. The van der Waals surface area contributed by atoms with E-state index in [0.717, 1.165) is 28.1 Å². The van der Waals surface area contributed by atoms with Gasteiger partial charge in [0.05, 0.1) is 11.9 Å². The van der Waals surface area contributed by atoms with Crippen molar-refractivity contribution in [2.75, 3.05) is 17.4 Å². The predicted octanol–water partition coefficient (Wildman–Crippen LogP) is 2.45. The second kappa shape index (κ2) is 8.10. The van der Waals surface area contributed by atoms with Gasteiger partial charge in [-0.15, -0.1) is 0 Å². The van der Waals surface area contributed by atoms with E-state index in [1.54, 1.807) is 31.2 Å². The van der Waals surface area contributed by atoms with Crippen molar-refractivity contribution in [1.82, 2.24) is 5.32 Å². The van der Waals surface area contributed by atoms with Crippen LogP contribution in [-0.2, 0) is 27.8 Å². The SMILES string of the molecule is CCc1ccc(N(C(C)C(=O)NCc2ccc3c(c2)OCO3)S(C)(=O)=O)cc1. The number of hydrogen-bond acceptors (Lipinski definition) is 5. The van der Waals surface area contributed by atoms with Gasteiger partial charge in [-0.05, 0) is 48.7 Å². The number of ether oxygens (including phenoxy) is 2. The summed E-state index contributed by atoms with van der Waals surface area (Å²) >= 11 is 0. The fourth-order valence-electron chi connectivity index (χ4n) is 3.08. The van der Waals surface area contributed by atoms with E-state index >= 15 is 0 Å². The Kier molecular flexibility index (Phi) is 5.79. The number of amides is 1. The fourth-order valence-corrected chi connectivity index (χ4v) is 4.25. The van der Waals surface area contributed by atoms with Crippen LogP contribution in [0.4, 0.5) is 5.69 Å². The Morgan fingerprint density at radius 1 is 1.11 bits per heavy atom. The second-order valence-electron chi connectivity index (χ2n) is 6.66. The Bertz CT molecular complexity index is 957. The maximum atomic E-state index is 12.7. The van der Waals surface area contributed by atoms with Gasteiger partial charge in [0.15, 0.2) is 11.5 Å². The highest BCUT2D eigenvalue weighted by Crippen LogP contribution is 2.32. The normalized spacial score (nSPS) is 13.8. The van der Waals surface area contributed by atoms with E-state index in [4.69, 9.17) is 9.47 Å². The summed E-state index contributed by atoms with van der Waals surface area (Å²) in [6, 6.07) is 11.7. The fraction of sp³-hybridized carbons (Fsp3) is 0.350. The molecule has 0 radical (unpaired) electrons. The molecular weight excluding hydrogens is 380 g/mol. The smallest absolute Gasteiger partial charge is 0.243 e. The van der Waals surface area contributed by atoms with Crippen LogP contribution in [0.25, 0.3) is 0 Å². The van der Waals surface area contributed by atoms with Crippen molar-refractivity contribution in [3.63, 3.8) is 0 Å². The average molecular weight is 404 g/mol. The first-order valence-electron chi connectivity index (χ1n) is 9.04. The topological polar surface area (TPSA) is 84.9 Å². The van der Waals surface area contributed by atoms with Crippen molar-refractivity contribution >= 4 is 21.6 Å². The first-order valence-corrected chi connectivity index (χ1v) is 10.9. The molecule has 2 aromatic rings. The number of carbonyl (C=O) groups excluding carboxylic acids is 1. The molecule has 150 valence electrons. The van der Waals surface area contributed by atoms with Crippen LogP contribution in [0.3, 0.4) is 0 Å². The maximum absolute atomic E-state index is 12.7. The summed E-state index contributed by atoms with van der Waals surface area (Å²) in [7, 11) is -3.64. The van der Waals surface area contributed by atoms with Crippen molar-refractivity contribution < 1.29 is 22.7 Å². The number of carbonyl (C=O) groups is 1. The number of fused-ring (bicyclic) bond motifs is 1. The largest absolute Gasteiger partial charge is 0.454 e. The molecule has 1 N–H and O–H groups in total. The van der Waals surface area contributed by atoms with E-state index in [0.29, 0.717) is 17.2 Å². The van der Waals surface area contributed by atoms with Crippen molar-refractivity contribution in [2.45, 2.75) is 32.9 Å². The third kappa shape index (κ3) is 4.39. The van der Waals surface area contributed by atoms with Gasteiger partial charge in [-0.2, -0.15) is 0 Å². The molecule has 1 amide bonds. The Balaban J connectivity index is 1.72. The quantitative estimate of drug-likeness (QED) is 0.766. The molecule has 3 rings (SSSR count). The summed E-state index contributed by atoms with van der Waals surface area (Å²) in [5.74, 6) is 0.915. The van der Waals surface area contributed by atoms with Gasteiger partial charge in [0, 0.05) is 6.54 Å². The molecule has 0 fully saturated rings. The molecule has 0 saturated heterocycles. The zero-order valence-corrected chi connectivity index (χ0v) is 17.0. The predicted molar refractivity (Wildman–Crippen MR) is 107 cm³/mol. The lowest BCUT2D eigenvalue weighted by Gasteiger charge is -2.28. The minimum atomic E-state index is -3.64. The Labute approximate surface area is 165 Å². The summed E-state index contributed by atoms with van der Waals surface area (Å²) < 4.78 is 36.4. The minimum absolute atomic E-state index is 0.183. The number of anilines is 1. The van der Waals surface area contributed by atoms with Gasteiger partial charge < -0.3 is 14.8 Å². The number of sulfonamides is 1. The molecule has 0 saturated carbocycles. The Morgan fingerprint density at radius 2 is 1.75 bits per heavy atom. The van der Waals surface area contributed by atoms with Crippen LogP contribution >= 0.6 is 0 Å². The summed E-state index contributed by atoms with van der Waals surface area (Å²) in [5, 5.41) is 2.79. The summed E-state index contributed by atoms with van der Waals surface area (Å²) in [6.45, 7) is 4.04. The Hall–Kier alpha value is -2.74. The monoisotopic (exact) mass is 404 g/mol. The number of hydrogen-bond donors (Lipinski definition) is 1. The van der Waals surface area contributed by atoms with Crippen LogP contribution in [-0.4, -0.2) is 33.4 Å². The highest BCUT2D eigenvalue weighted by atomic mass is 32.2. The number of nitrogens with zero attached hydrogens (tertiary/aromatic N) is 1. The van der Waals surface area contributed by atoms with E-state index in [1.165, 1.54) is 0 Å². The minimum Gasteiger partial charge on any atom is -0.454 e. The number of benzene rings is 2. The van der Waals surface area contributed by atoms with Crippen molar-refractivity contribution in [3.05, 3.63) is 53.6 Å². The molecule has 2 aromatic carbocycles. The van der Waals surface area contributed by atoms with Gasteiger partial charge in [0.2, 0.25) is 22.7 Å². The van der Waals surface area contributed by atoms with Crippen molar-refractivity contribution in [1.29, 1.82) is 0 Å². The molecule has 8 heteroatoms. The molecule has 28 heavy (non-hydrogen) atoms. The lowest BCUT2D eigenvalue weighted by molar-refractivity contribution is -0.122. The van der Waals surface area contributed by atoms with Crippen LogP contribution < -0.4 is 19.1 Å². The molecule has 1 aliphatic rings. The van der Waals surface area contributed by atoms with Crippen molar-refractivity contribution in [2.24, 2.45) is 0 Å². The number of aryl methyl sites for hydroxylation is 1.